The molecule has 158 valence electrons. The van der Waals surface area contributed by atoms with Gasteiger partial charge < -0.3 is 10.2 Å². The Balaban J connectivity index is 1.77. The van der Waals surface area contributed by atoms with Gasteiger partial charge >= 0.3 is 0 Å². The highest BCUT2D eigenvalue weighted by Crippen LogP contribution is 2.50. The number of nitrogens with one attached hydrogen (secondary N) is 1. The zero-order valence-electron chi connectivity index (χ0n) is 17.7. The first kappa shape index (κ1) is 21.3. The average molecular weight is 450 g/mol. The molecule has 4 rings (SSSR count). The van der Waals surface area contributed by atoms with E-state index in [2.05, 4.69) is 35.3 Å². The second-order valence-corrected chi connectivity index (χ2v) is 8.88. The van der Waals surface area contributed by atoms with Gasteiger partial charge in [-0.3, -0.25) is 9.69 Å². The molecule has 31 heavy (non-hydrogen) atoms. The highest BCUT2D eigenvalue weighted by molar-refractivity contribution is 8.19. The van der Waals surface area contributed by atoms with Crippen LogP contribution < -0.4 is 10.2 Å². The molecule has 0 aromatic heterocycles. The molecule has 1 amide bonds. The first-order valence-corrected chi connectivity index (χ1v) is 11.9. The van der Waals surface area contributed by atoms with Crippen LogP contribution in [0.25, 0.3) is 0 Å². The predicted molar refractivity (Wildman–Crippen MR) is 130 cm³/mol. The van der Waals surface area contributed by atoms with Crippen molar-refractivity contribution in [2.75, 3.05) is 29.9 Å². The van der Waals surface area contributed by atoms with E-state index < -0.39 is 0 Å². The third-order valence-corrected chi connectivity index (χ3v) is 7.39. The smallest absolute Gasteiger partial charge is 0.269 e. The van der Waals surface area contributed by atoms with Crippen LogP contribution in [0.15, 0.2) is 62.3 Å². The van der Waals surface area contributed by atoms with Gasteiger partial charge in [-0.1, -0.05) is 23.9 Å². The Bertz CT molecular complexity index is 1140. The van der Waals surface area contributed by atoms with E-state index in [1.807, 2.05) is 32.0 Å². The minimum atomic E-state index is -0.0264. The molecule has 0 atom stereocenters. The average Bonchev–Trinajstić information content (AvgIpc) is 3.31. The number of benzene rings is 2. The molecule has 6 nitrogen and oxygen atoms in total. The van der Waals surface area contributed by atoms with Crippen LogP contribution in [0.5, 0.6) is 0 Å². The summed E-state index contributed by atoms with van der Waals surface area (Å²) in [6.07, 6.45) is 0. The molecule has 0 aliphatic carbocycles. The highest BCUT2D eigenvalue weighted by Gasteiger charge is 2.39. The molecule has 0 radical (unpaired) electrons. The summed E-state index contributed by atoms with van der Waals surface area (Å²) in [7, 11) is 0. The van der Waals surface area contributed by atoms with Crippen LogP contribution in [0.1, 0.15) is 26.3 Å². The first-order valence-electron chi connectivity index (χ1n) is 10.3. The van der Waals surface area contributed by atoms with Gasteiger partial charge in [0.2, 0.25) is 0 Å². The van der Waals surface area contributed by atoms with Crippen molar-refractivity contribution in [3.05, 3.63) is 58.0 Å². The lowest BCUT2D eigenvalue weighted by Gasteiger charge is -2.19. The van der Waals surface area contributed by atoms with Crippen molar-refractivity contribution in [2.45, 2.75) is 25.7 Å². The van der Waals surface area contributed by atoms with E-state index in [-0.39, 0.29) is 5.91 Å². The molecule has 2 aliphatic rings. The number of para-hydroxylation sites is 1. The van der Waals surface area contributed by atoms with Crippen molar-refractivity contribution in [1.82, 2.24) is 4.90 Å². The van der Waals surface area contributed by atoms with E-state index in [9.17, 15) is 10.1 Å². The first-order chi connectivity index (χ1) is 15.1. The third kappa shape index (κ3) is 3.91. The van der Waals surface area contributed by atoms with Crippen LogP contribution in [0.3, 0.4) is 0 Å². The highest BCUT2D eigenvalue weighted by atomic mass is 32.2. The topological polar surface area (TPSA) is 71.7 Å². The van der Waals surface area contributed by atoms with Crippen LogP contribution in [0.2, 0.25) is 0 Å². The van der Waals surface area contributed by atoms with Crippen molar-refractivity contribution >= 4 is 51.7 Å². The summed E-state index contributed by atoms with van der Waals surface area (Å²) in [6.45, 7) is 8.10. The number of amides is 1. The quantitative estimate of drug-likeness (QED) is 0.619. The van der Waals surface area contributed by atoms with E-state index in [4.69, 9.17) is 4.99 Å². The zero-order chi connectivity index (χ0) is 22.0. The van der Waals surface area contributed by atoms with Gasteiger partial charge in [-0.25, -0.2) is 4.99 Å². The SMILES string of the molecule is CCNc1ccc(C#N)cc1N=C1S/C(=C2/Sc3ccccc3N2CC)C(=O)N1CC. The summed E-state index contributed by atoms with van der Waals surface area (Å²) < 4.78 is 0. The van der Waals surface area contributed by atoms with Gasteiger partial charge in [0.05, 0.1) is 28.7 Å². The van der Waals surface area contributed by atoms with E-state index in [0.29, 0.717) is 27.9 Å². The number of carbonyl (C=O) groups is 1. The lowest BCUT2D eigenvalue weighted by molar-refractivity contribution is -0.122. The summed E-state index contributed by atoms with van der Waals surface area (Å²) in [4.78, 5) is 23.9. The summed E-state index contributed by atoms with van der Waals surface area (Å²) in [5, 5.41) is 14.2. The van der Waals surface area contributed by atoms with E-state index >= 15 is 0 Å². The fourth-order valence-electron chi connectivity index (χ4n) is 3.55. The third-order valence-electron chi connectivity index (χ3n) is 5.01. The molecule has 2 heterocycles. The molecule has 0 bridgehead atoms. The number of hydrogen-bond donors (Lipinski definition) is 1. The number of fused-ring (bicyclic) bond motifs is 1. The Morgan fingerprint density at radius 1 is 1.06 bits per heavy atom. The Kier molecular flexibility index (Phi) is 6.25. The van der Waals surface area contributed by atoms with Crippen molar-refractivity contribution in [2.24, 2.45) is 4.99 Å². The molecule has 0 unspecified atom stereocenters. The normalized spacial score (nSPS) is 19.2. The van der Waals surface area contributed by atoms with E-state index in [1.54, 1.807) is 28.8 Å². The van der Waals surface area contributed by atoms with Crippen LogP contribution >= 0.6 is 23.5 Å². The number of nitriles is 1. The largest absolute Gasteiger partial charge is 0.384 e. The van der Waals surface area contributed by atoms with Gasteiger partial charge in [0, 0.05) is 24.5 Å². The predicted octanol–water partition coefficient (Wildman–Crippen LogP) is 5.37. The number of anilines is 2. The van der Waals surface area contributed by atoms with E-state index in [0.717, 1.165) is 34.4 Å². The minimum absolute atomic E-state index is 0.0264. The maximum atomic E-state index is 13.3. The van der Waals surface area contributed by atoms with Gasteiger partial charge in [0.1, 0.15) is 9.93 Å². The number of rotatable bonds is 5. The standard InChI is InChI=1S/C23H23N5OS2/c1-4-25-16-12-11-15(14-24)13-17(16)26-23-28(6-3)21(29)20(31-23)22-27(5-2)18-9-7-8-10-19(18)30-22/h7-13,25H,4-6H2,1-3H3/b22-20+,26-23?. The molecule has 2 aliphatic heterocycles. The second kappa shape index (κ2) is 9.08. The number of aliphatic imine (C=N–C) groups is 1. The Hall–Kier alpha value is -2.89. The lowest BCUT2D eigenvalue weighted by Crippen LogP contribution is -2.29. The minimum Gasteiger partial charge on any atom is -0.384 e. The maximum Gasteiger partial charge on any atom is 0.269 e. The van der Waals surface area contributed by atoms with Gasteiger partial charge in [-0.05, 0) is 62.9 Å². The number of carbonyl (C=O) groups excluding carboxylic acids is 1. The maximum absolute atomic E-state index is 13.3. The van der Waals surface area contributed by atoms with Crippen LogP contribution in [-0.4, -0.2) is 35.6 Å². The van der Waals surface area contributed by atoms with Gasteiger partial charge in [0.25, 0.3) is 5.91 Å². The number of amidine groups is 1. The molecule has 0 saturated carbocycles. The molecule has 2 aromatic rings. The molecule has 8 heteroatoms. The Morgan fingerprint density at radius 2 is 1.84 bits per heavy atom. The van der Waals surface area contributed by atoms with Gasteiger partial charge in [-0.15, -0.1) is 0 Å². The molecule has 1 fully saturated rings. The van der Waals surface area contributed by atoms with Gasteiger partial charge in [0.15, 0.2) is 5.17 Å². The number of nitrogens with zero attached hydrogens (tertiary/aromatic N) is 4. The molecule has 2 aromatic carbocycles. The number of hydrogen-bond acceptors (Lipinski definition) is 7. The van der Waals surface area contributed by atoms with Crippen molar-refractivity contribution in [3.63, 3.8) is 0 Å². The molecule has 1 N–H and O–H groups in total. The summed E-state index contributed by atoms with van der Waals surface area (Å²) >= 11 is 3.04. The fourth-order valence-corrected chi connectivity index (χ4v) is 6.00. The molecular weight excluding hydrogens is 426 g/mol. The zero-order valence-corrected chi connectivity index (χ0v) is 19.3. The summed E-state index contributed by atoms with van der Waals surface area (Å²) in [5.74, 6) is -0.0264. The molecule has 0 spiro atoms. The molecular formula is C23H23N5OS2. The van der Waals surface area contributed by atoms with Crippen LogP contribution in [0.4, 0.5) is 17.1 Å². The van der Waals surface area contributed by atoms with Crippen LogP contribution in [-0.2, 0) is 4.79 Å². The summed E-state index contributed by atoms with van der Waals surface area (Å²) in [6, 6.07) is 15.8. The van der Waals surface area contributed by atoms with Crippen molar-refractivity contribution < 1.29 is 4.79 Å². The Labute approximate surface area is 191 Å². The van der Waals surface area contributed by atoms with Crippen molar-refractivity contribution in [3.8, 4) is 6.07 Å². The monoisotopic (exact) mass is 449 g/mol. The Morgan fingerprint density at radius 3 is 2.55 bits per heavy atom. The van der Waals surface area contributed by atoms with Gasteiger partial charge in [-0.2, -0.15) is 5.26 Å². The summed E-state index contributed by atoms with van der Waals surface area (Å²) in [5.41, 5.74) is 3.18. The number of likely N-dealkylation sites (N-methyl/N-ethyl adjacent to an activating group) is 1. The number of thioether (sulfide) groups is 2. The van der Waals surface area contributed by atoms with Crippen LogP contribution in [0, 0.1) is 11.3 Å². The fraction of sp³-hybridized carbons (Fsp3) is 0.261. The van der Waals surface area contributed by atoms with E-state index in [1.165, 1.54) is 11.8 Å². The lowest BCUT2D eigenvalue weighted by atomic mass is 10.2. The van der Waals surface area contributed by atoms with Crippen molar-refractivity contribution in [1.29, 1.82) is 5.26 Å². The second-order valence-electron chi connectivity index (χ2n) is 6.87. The molecule has 1 saturated heterocycles.